The summed E-state index contributed by atoms with van der Waals surface area (Å²) >= 11 is 5.87. The number of nitrogens with one attached hydrogen (secondary N) is 1. The summed E-state index contributed by atoms with van der Waals surface area (Å²) < 4.78 is 0. The van der Waals surface area contributed by atoms with Crippen LogP contribution in [-0.2, 0) is 9.59 Å². The molecule has 2 heterocycles. The molecule has 1 aromatic carbocycles. The first kappa shape index (κ1) is 12.5. The van der Waals surface area contributed by atoms with Crippen LogP contribution in [0.4, 0.5) is 0 Å². The van der Waals surface area contributed by atoms with Gasteiger partial charge in [-0.1, -0.05) is 23.7 Å². The van der Waals surface area contributed by atoms with E-state index in [-0.39, 0.29) is 23.9 Å². The minimum atomic E-state index is -0.331. The monoisotopic (exact) mass is 278 g/mol. The molecule has 19 heavy (non-hydrogen) atoms. The van der Waals surface area contributed by atoms with Crippen LogP contribution in [0.25, 0.3) is 0 Å². The third-order valence-electron chi connectivity index (χ3n) is 3.85. The van der Waals surface area contributed by atoms with Crippen molar-refractivity contribution in [2.75, 3.05) is 6.54 Å². The second-order valence-corrected chi connectivity index (χ2v) is 5.48. The van der Waals surface area contributed by atoms with Crippen LogP contribution in [0.3, 0.4) is 0 Å². The Hall–Kier alpha value is -1.55. The van der Waals surface area contributed by atoms with Gasteiger partial charge in [0.1, 0.15) is 6.04 Å². The number of benzene rings is 1. The lowest BCUT2D eigenvalue weighted by molar-refractivity contribution is -0.142. The number of rotatable bonds is 2. The summed E-state index contributed by atoms with van der Waals surface area (Å²) in [6, 6.07) is 7.40. The predicted octanol–water partition coefficient (Wildman–Crippen LogP) is 1.89. The summed E-state index contributed by atoms with van der Waals surface area (Å²) in [5.74, 6) is 0.0129. The number of halogens is 1. The average molecular weight is 279 g/mol. The second kappa shape index (κ2) is 4.85. The van der Waals surface area contributed by atoms with E-state index < -0.39 is 0 Å². The average Bonchev–Trinajstić information content (AvgIpc) is 2.77. The zero-order valence-electron chi connectivity index (χ0n) is 10.4. The maximum Gasteiger partial charge on any atom is 0.245 e. The highest BCUT2D eigenvalue weighted by Gasteiger charge is 2.38. The molecule has 2 fully saturated rings. The normalized spacial score (nSPS) is 25.9. The molecule has 2 amide bonds. The van der Waals surface area contributed by atoms with Crippen molar-refractivity contribution < 1.29 is 9.59 Å². The lowest BCUT2D eigenvalue weighted by Gasteiger charge is -2.42. The van der Waals surface area contributed by atoms with Gasteiger partial charge in [0.15, 0.2) is 0 Å². The molecule has 4 nitrogen and oxygen atoms in total. The molecule has 0 aliphatic carbocycles. The van der Waals surface area contributed by atoms with Gasteiger partial charge < -0.3 is 10.2 Å². The van der Waals surface area contributed by atoms with Crippen molar-refractivity contribution in [2.45, 2.75) is 31.3 Å². The summed E-state index contributed by atoms with van der Waals surface area (Å²) in [6.45, 7) is 0.762. The SMILES string of the molecule is O=C1CC[C@H](C(=O)N2CCC2c2ccc(Cl)cc2)N1. The number of carbonyl (C=O) groups is 2. The summed E-state index contributed by atoms with van der Waals surface area (Å²) in [5, 5.41) is 3.43. The van der Waals surface area contributed by atoms with Gasteiger partial charge in [0, 0.05) is 18.0 Å². The van der Waals surface area contributed by atoms with Crippen molar-refractivity contribution in [1.29, 1.82) is 0 Å². The third kappa shape index (κ3) is 2.32. The van der Waals surface area contributed by atoms with Gasteiger partial charge in [-0.2, -0.15) is 0 Å². The van der Waals surface area contributed by atoms with Gasteiger partial charge in [0.05, 0.1) is 6.04 Å². The molecule has 0 spiro atoms. The minimum absolute atomic E-state index is 0.0260. The standard InChI is InChI=1S/C14H15ClN2O2/c15-10-3-1-9(2-4-10)12-7-8-17(12)14(19)11-5-6-13(18)16-11/h1-4,11-12H,5-8H2,(H,16,18)/t11-,12?/m1/s1. The molecule has 0 bridgehead atoms. The number of hydrogen-bond donors (Lipinski definition) is 1. The quantitative estimate of drug-likeness (QED) is 0.898. The molecule has 2 aliphatic heterocycles. The Morgan fingerprint density at radius 2 is 2.00 bits per heavy atom. The molecule has 2 saturated heterocycles. The number of amides is 2. The van der Waals surface area contributed by atoms with Gasteiger partial charge in [-0.3, -0.25) is 9.59 Å². The van der Waals surface area contributed by atoms with Gasteiger partial charge in [-0.05, 0) is 30.5 Å². The van der Waals surface area contributed by atoms with E-state index in [2.05, 4.69) is 5.32 Å². The van der Waals surface area contributed by atoms with Gasteiger partial charge in [-0.25, -0.2) is 0 Å². The highest BCUT2D eigenvalue weighted by atomic mass is 35.5. The van der Waals surface area contributed by atoms with E-state index in [0.29, 0.717) is 17.9 Å². The Kier molecular flexibility index (Phi) is 3.19. The lowest BCUT2D eigenvalue weighted by atomic mass is 9.93. The van der Waals surface area contributed by atoms with E-state index in [4.69, 9.17) is 11.6 Å². The van der Waals surface area contributed by atoms with Crippen LogP contribution < -0.4 is 5.32 Å². The fourth-order valence-corrected chi connectivity index (χ4v) is 2.81. The van der Waals surface area contributed by atoms with Crippen molar-refractivity contribution in [3.63, 3.8) is 0 Å². The molecule has 1 unspecified atom stereocenters. The van der Waals surface area contributed by atoms with E-state index in [9.17, 15) is 9.59 Å². The Bertz CT molecular complexity index is 515. The maximum absolute atomic E-state index is 12.3. The first-order valence-electron chi connectivity index (χ1n) is 6.50. The number of hydrogen-bond acceptors (Lipinski definition) is 2. The topological polar surface area (TPSA) is 49.4 Å². The van der Waals surface area contributed by atoms with Crippen molar-refractivity contribution in [2.24, 2.45) is 0 Å². The zero-order chi connectivity index (χ0) is 13.4. The van der Waals surface area contributed by atoms with E-state index in [1.807, 2.05) is 29.2 Å². The lowest BCUT2D eigenvalue weighted by Crippen LogP contribution is -2.52. The fourth-order valence-electron chi connectivity index (χ4n) is 2.68. The largest absolute Gasteiger partial charge is 0.344 e. The molecule has 1 N–H and O–H groups in total. The van der Waals surface area contributed by atoms with Crippen molar-refractivity contribution in [3.05, 3.63) is 34.9 Å². The Balaban J connectivity index is 1.70. The Labute approximate surface area is 116 Å². The second-order valence-electron chi connectivity index (χ2n) is 5.05. The molecule has 0 saturated carbocycles. The summed E-state index contributed by atoms with van der Waals surface area (Å²) in [7, 11) is 0. The van der Waals surface area contributed by atoms with Gasteiger partial charge in [0.2, 0.25) is 11.8 Å². The predicted molar refractivity (Wildman–Crippen MR) is 71.7 cm³/mol. The van der Waals surface area contributed by atoms with Crippen LogP contribution >= 0.6 is 11.6 Å². The maximum atomic E-state index is 12.3. The van der Waals surface area contributed by atoms with Crippen LogP contribution in [0.1, 0.15) is 30.9 Å². The summed E-state index contributed by atoms with van der Waals surface area (Å²) in [5.41, 5.74) is 1.10. The zero-order valence-corrected chi connectivity index (χ0v) is 11.2. The van der Waals surface area contributed by atoms with Gasteiger partial charge in [0.25, 0.3) is 0 Å². The molecule has 2 atom stereocenters. The smallest absolute Gasteiger partial charge is 0.245 e. The van der Waals surface area contributed by atoms with Crippen LogP contribution in [0.2, 0.25) is 5.02 Å². The third-order valence-corrected chi connectivity index (χ3v) is 4.10. The van der Waals surface area contributed by atoms with Crippen LogP contribution in [0.5, 0.6) is 0 Å². The highest BCUT2D eigenvalue weighted by molar-refractivity contribution is 6.30. The molecule has 2 aliphatic rings. The first-order chi connectivity index (χ1) is 9.15. The Morgan fingerprint density at radius 1 is 1.26 bits per heavy atom. The molecular weight excluding hydrogens is 264 g/mol. The number of likely N-dealkylation sites (tertiary alicyclic amines) is 1. The summed E-state index contributed by atoms with van der Waals surface area (Å²) in [4.78, 5) is 25.3. The fraction of sp³-hybridized carbons (Fsp3) is 0.429. The minimum Gasteiger partial charge on any atom is -0.344 e. The van der Waals surface area contributed by atoms with Crippen molar-refractivity contribution in [3.8, 4) is 0 Å². The van der Waals surface area contributed by atoms with E-state index in [0.717, 1.165) is 18.5 Å². The molecule has 5 heteroatoms. The number of carbonyl (C=O) groups excluding carboxylic acids is 2. The van der Waals surface area contributed by atoms with Crippen LogP contribution in [0.15, 0.2) is 24.3 Å². The van der Waals surface area contributed by atoms with Crippen LogP contribution in [-0.4, -0.2) is 29.3 Å². The molecule has 0 radical (unpaired) electrons. The van der Waals surface area contributed by atoms with Crippen molar-refractivity contribution >= 4 is 23.4 Å². The Morgan fingerprint density at radius 3 is 2.53 bits per heavy atom. The van der Waals surface area contributed by atoms with Gasteiger partial charge in [-0.15, -0.1) is 0 Å². The number of nitrogens with zero attached hydrogens (tertiary/aromatic N) is 1. The van der Waals surface area contributed by atoms with E-state index in [1.165, 1.54) is 0 Å². The molecule has 3 rings (SSSR count). The first-order valence-corrected chi connectivity index (χ1v) is 6.88. The van der Waals surface area contributed by atoms with E-state index in [1.54, 1.807) is 0 Å². The van der Waals surface area contributed by atoms with Crippen LogP contribution in [0, 0.1) is 0 Å². The van der Waals surface area contributed by atoms with E-state index >= 15 is 0 Å². The van der Waals surface area contributed by atoms with Gasteiger partial charge >= 0.3 is 0 Å². The van der Waals surface area contributed by atoms with Crippen molar-refractivity contribution in [1.82, 2.24) is 10.2 Å². The summed E-state index contributed by atoms with van der Waals surface area (Å²) in [6.07, 6.45) is 2.03. The highest BCUT2D eigenvalue weighted by Crippen LogP contribution is 2.34. The molecule has 0 aromatic heterocycles. The molecular formula is C14H15ClN2O2. The molecule has 1 aromatic rings. The molecule has 100 valence electrons.